The maximum atomic E-state index is 11.5. The van der Waals surface area contributed by atoms with Gasteiger partial charge in [0.25, 0.3) is 0 Å². The molecule has 0 amide bonds. The number of aromatic nitrogens is 2. The lowest BCUT2D eigenvalue weighted by Crippen LogP contribution is -2.16. The van der Waals surface area contributed by atoms with Gasteiger partial charge in [0.05, 0.1) is 18.0 Å². The van der Waals surface area contributed by atoms with Crippen LogP contribution in [0, 0.1) is 0 Å². The van der Waals surface area contributed by atoms with Crippen LogP contribution in [0.1, 0.15) is 6.92 Å². The van der Waals surface area contributed by atoms with Crippen molar-refractivity contribution < 1.29 is 8.42 Å². The summed E-state index contributed by atoms with van der Waals surface area (Å²) in [7, 11) is -3.02. The second-order valence-corrected chi connectivity index (χ2v) is 7.81. The maximum Gasteiger partial charge on any atom is 0.151 e. The quantitative estimate of drug-likeness (QED) is 0.890. The van der Waals surface area contributed by atoms with Crippen LogP contribution < -0.4 is 5.73 Å². The molecule has 0 bridgehead atoms. The fraction of sp³-hybridized carbons (Fsp3) is 0.308. The van der Waals surface area contributed by atoms with Gasteiger partial charge in [0.2, 0.25) is 0 Å². The van der Waals surface area contributed by atoms with Crippen molar-refractivity contribution in [3.8, 4) is 11.3 Å². The third kappa shape index (κ3) is 3.61. The first-order valence-corrected chi connectivity index (χ1v) is 8.82. The first kappa shape index (κ1) is 15.1. The van der Waals surface area contributed by atoms with Crippen molar-refractivity contribution in [2.24, 2.45) is 0 Å². The third-order valence-corrected chi connectivity index (χ3v) is 5.22. The molecular formula is C13H16BrN3O2S. The fourth-order valence-electron chi connectivity index (χ4n) is 1.74. The SMILES string of the molecule is CCS(=O)(=O)CCn1nc(-c2ccc(Br)cc2)cc1N. The largest absolute Gasteiger partial charge is 0.384 e. The van der Waals surface area contributed by atoms with Crippen LogP contribution in [0.25, 0.3) is 11.3 Å². The molecule has 0 radical (unpaired) electrons. The molecule has 0 unspecified atom stereocenters. The Kier molecular flexibility index (Phi) is 4.49. The molecule has 108 valence electrons. The summed E-state index contributed by atoms with van der Waals surface area (Å²) in [5, 5.41) is 4.36. The molecule has 2 rings (SSSR count). The Morgan fingerprint density at radius 3 is 2.55 bits per heavy atom. The van der Waals surface area contributed by atoms with Gasteiger partial charge in [0.1, 0.15) is 5.82 Å². The van der Waals surface area contributed by atoms with Crippen LogP contribution in [-0.4, -0.2) is 29.7 Å². The highest BCUT2D eigenvalue weighted by Crippen LogP contribution is 2.22. The topological polar surface area (TPSA) is 78.0 Å². The number of sulfone groups is 1. The Morgan fingerprint density at radius 1 is 1.30 bits per heavy atom. The summed E-state index contributed by atoms with van der Waals surface area (Å²) in [6.07, 6.45) is 0. The minimum atomic E-state index is -3.02. The Bertz CT molecular complexity index is 693. The highest BCUT2D eigenvalue weighted by Gasteiger charge is 2.11. The van der Waals surface area contributed by atoms with Crippen LogP contribution in [0.4, 0.5) is 5.82 Å². The zero-order valence-corrected chi connectivity index (χ0v) is 13.5. The number of anilines is 1. The van der Waals surface area contributed by atoms with Gasteiger partial charge in [-0.2, -0.15) is 5.10 Å². The summed E-state index contributed by atoms with van der Waals surface area (Å²) in [4.78, 5) is 0. The molecule has 0 spiro atoms. The van der Waals surface area contributed by atoms with Gasteiger partial charge in [-0.1, -0.05) is 35.0 Å². The molecule has 0 aliphatic heterocycles. The van der Waals surface area contributed by atoms with Gasteiger partial charge in [-0.3, -0.25) is 0 Å². The van der Waals surface area contributed by atoms with Gasteiger partial charge in [0.15, 0.2) is 9.84 Å². The summed E-state index contributed by atoms with van der Waals surface area (Å²) in [6, 6.07) is 9.46. The fourth-order valence-corrected chi connectivity index (χ4v) is 2.75. The summed E-state index contributed by atoms with van der Waals surface area (Å²) >= 11 is 3.38. The number of aryl methyl sites for hydroxylation is 1. The number of nitrogen functional groups attached to an aromatic ring is 1. The second kappa shape index (κ2) is 5.97. The molecule has 20 heavy (non-hydrogen) atoms. The first-order valence-electron chi connectivity index (χ1n) is 6.21. The molecule has 2 aromatic rings. The number of nitrogens with zero attached hydrogens (tertiary/aromatic N) is 2. The van der Waals surface area contributed by atoms with Gasteiger partial charge >= 0.3 is 0 Å². The Morgan fingerprint density at radius 2 is 1.95 bits per heavy atom. The van der Waals surface area contributed by atoms with E-state index in [0.29, 0.717) is 5.82 Å². The number of hydrogen-bond donors (Lipinski definition) is 1. The van der Waals surface area contributed by atoms with Crippen LogP contribution in [0.3, 0.4) is 0 Å². The van der Waals surface area contributed by atoms with Crippen molar-refractivity contribution in [3.05, 3.63) is 34.8 Å². The third-order valence-electron chi connectivity index (χ3n) is 3.01. The van der Waals surface area contributed by atoms with Crippen molar-refractivity contribution in [1.29, 1.82) is 0 Å². The highest BCUT2D eigenvalue weighted by atomic mass is 79.9. The van der Waals surface area contributed by atoms with Gasteiger partial charge in [-0.05, 0) is 12.1 Å². The van der Waals surface area contributed by atoms with Gasteiger partial charge in [-0.15, -0.1) is 0 Å². The summed E-state index contributed by atoms with van der Waals surface area (Å²) in [6.45, 7) is 1.91. The van der Waals surface area contributed by atoms with Crippen molar-refractivity contribution in [2.45, 2.75) is 13.5 Å². The van der Waals surface area contributed by atoms with E-state index in [9.17, 15) is 8.42 Å². The predicted octanol–water partition coefficient (Wildman–Crippen LogP) is 2.33. The Labute approximate surface area is 126 Å². The van der Waals surface area contributed by atoms with Crippen LogP contribution >= 0.6 is 15.9 Å². The molecule has 2 N–H and O–H groups in total. The molecule has 0 aliphatic rings. The molecule has 5 nitrogen and oxygen atoms in total. The summed E-state index contributed by atoms with van der Waals surface area (Å²) in [5.41, 5.74) is 7.56. The van der Waals surface area contributed by atoms with Crippen molar-refractivity contribution in [3.63, 3.8) is 0 Å². The van der Waals surface area contributed by atoms with Crippen LogP contribution in [0.5, 0.6) is 0 Å². The predicted molar refractivity (Wildman–Crippen MR) is 84.1 cm³/mol. The molecule has 1 heterocycles. The van der Waals surface area contributed by atoms with E-state index in [4.69, 9.17) is 5.73 Å². The number of nitrogens with two attached hydrogens (primary N) is 1. The first-order chi connectivity index (χ1) is 9.41. The molecule has 0 fully saturated rings. The van der Waals surface area contributed by atoms with E-state index in [1.54, 1.807) is 13.0 Å². The van der Waals surface area contributed by atoms with E-state index in [-0.39, 0.29) is 18.1 Å². The van der Waals surface area contributed by atoms with Crippen molar-refractivity contribution in [2.75, 3.05) is 17.2 Å². The second-order valence-electron chi connectivity index (χ2n) is 4.42. The number of benzene rings is 1. The lowest BCUT2D eigenvalue weighted by molar-refractivity contribution is 0.583. The highest BCUT2D eigenvalue weighted by molar-refractivity contribution is 9.10. The van der Waals surface area contributed by atoms with E-state index < -0.39 is 9.84 Å². The van der Waals surface area contributed by atoms with E-state index in [1.165, 1.54) is 4.68 Å². The van der Waals surface area contributed by atoms with E-state index >= 15 is 0 Å². The van der Waals surface area contributed by atoms with Gasteiger partial charge in [0, 0.05) is 21.9 Å². The monoisotopic (exact) mass is 357 g/mol. The summed E-state index contributed by atoms with van der Waals surface area (Å²) in [5.74, 6) is 0.650. The molecule has 0 saturated carbocycles. The van der Waals surface area contributed by atoms with E-state index in [2.05, 4.69) is 21.0 Å². The average molecular weight is 358 g/mol. The minimum absolute atomic E-state index is 0.0508. The Hall–Kier alpha value is -1.34. The van der Waals surface area contributed by atoms with E-state index in [1.807, 2.05) is 24.3 Å². The number of rotatable bonds is 5. The van der Waals surface area contributed by atoms with Crippen molar-refractivity contribution in [1.82, 2.24) is 9.78 Å². The van der Waals surface area contributed by atoms with Crippen molar-refractivity contribution >= 4 is 31.6 Å². The minimum Gasteiger partial charge on any atom is -0.384 e. The van der Waals surface area contributed by atoms with E-state index in [0.717, 1.165) is 15.7 Å². The number of hydrogen-bond acceptors (Lipinski definition) is 4. The standard InChI is InChI=1S/C13H16BrN3O2S/c1-2-20(18,19)8-7-17-13(15)9-12(16-17)10-3-5-11(14)6-4-10/h3-6,9H,2,7-8,15H2,1H3. The zero-order valence-electron chi connectivity index (χ0n) is 11.1. The molecule has 0 aliphatic carbocycles. The van der Waals surface area contributed by atoms with Gasteiger partial charge in [-0.25, -0.2) is 13.1 Å². The molecule has 1 aromatic heterocycles. The smallest absolute Gasteiger partial charge is 0.151 e. The Balaban J connectivity index is 2.19. The lowest BCUT2D eigenvalue weighted by Gasteiger charge is -2.03. The molecule has 1 aromatic carbocycles. The lowest BCUT2D eigenvalue weighted by atomic mass is 10.2. The molecule has 0 saturated heterocycles. The average Bonchev–Trinajstić information content (AvgIpc) is 2.79. The number of halogens is 1. The normalized spacial score (nSPS) is 11.7. The summed E-state index contributed by atoms with van der Waals surface area (Å²) < 4.78 is 25.5. The molecule has 7 heteroatoms. The molecule has 0 atom stereocenters. The van der Waals surface area contributed by atoms with Crippen LogP contribution in [0.15, 0.2) is 34.8 Å². The van der Waals surface area contributed by atoms with Crippen LogP contribution in [-0.2, 0) is 16.4 Å². The zero-order chi connectivity index (χ0) is 14.8. The van der Waals surface area contributed by atoms with Crippen LogP contribution in [0.2, 0.25) is 0 Å². The van der Waals surface area contributed by atoms with Gasteiger partial charge < -0.3 is 5.73 Å². The molecular weight excluding hydrogens is 342 g/mol. The maximum absolute atomic E-state index is 11.5.